The van der Waals surface area contributed by atoms with Crippen LogP contribution in [0.5, 0.6) is 0 Å². The van der Waals surface area contributed by atoms with E-state index in [1.807, 2.05) is 25.1 Å². The topological polar surface area (TPSA) is 72.0 Å². The average molecular weight is 265 g/mol. The van der Waals surface area contributed by atoms with Gasteiger partial charge in [0.1, 0.15) is 5.69 Å². The quantitative estimate of drug-likeness (QED) is 0.861. The van der Waals surface area contributed by atoms with E-state index in [4.69, 9.17) is 9.63 Å². The van der Waals surface area contributed by atoms with Crippen molar-refractivity contribution in [3.05, 3.63) is 30.3 Å². The highest BCUT2D eigenvalue weighted by atomic mass is 32.2. The normalized spacial score (nSPS) is 12.6. The molecule has 96 valence electrons. The smallest absolute Gasteiger partial charge is 0.237 e. The van der Waals surface area contributed by atoms with Crippen LogP contribution in [0, 0.1) is 5.92 Å². The highest BCUT2D eigenvalue weighted by Crippen LogP contribution is 2.17. The molecule has 1 N–H and O–H groups in total. The summed E-state index contributed by atoms with van der Waals surface area (Å²) in [6, 6.07) is 5.57. The van der Waals surface area contributed by atoms with Crippen molar-refractivity contribution in [3.8, 4) is 11.5 Å². The third-order valence-corrected chi connectivity index (χ3v) is 3.56. The van der Waals surface area contributed by atoms with Gasteiger partial charge in [-0.05, 0) is 23.8 Å². The molecular weight excluding hydrogens is 250 g/mol. The van der Waals surface area contributed by atoms with Gasteiger partial charge in [0.15, 0.2) is 0 Å². The summed E-state index contributed by atoms with van der Waals surface area (Å²) in [6.45, 7) is 2.20. The summed E-state index contributed by atoms with van der Waals surface area (Å²) in [5, 5.41) is 12.8. The summed E-state index contributed by atoms with van der Waals surface area (Å²) >= 11 is 1.67. The second-order valence-electron chi connectivity index (χ2n) is 4.03. The Morgan fingerprint density at radius 1 is 1.44 bits per heavy atom. The standard InChI is InChI=1S/C12H15N3O2S/c1-9(6-16)7-18-8-11-14-12(15-17-11)10-4-2-3-5-13-10/h2-5,9,16H,6-8H2,1H3. The highest BCUT2D eigenvalue weighted by molar-refractivity contribution is 7.98. The Morgan fingerprint density at radius 3 is 3.06 bits per heavy atom. The lowest BCUT2D eigenvalue weighted by Crippen LogP contribution is -2.03. The molecule has 6 heteroatoms. The Hall–Kier alpha value is -1.40. The number of aliphatic hydroxyl groups is 1. The lowest BCUT2D eigenvalue weighted by Gasteiger charge is -2.04. The Labute approximate surface area is 110 Å². The Morgan fingerprint density at radius 2 is 2.33 bits per heavy atom. The molecule has 1 atom stereocenters. The molecule has 0 aliphatic heterocycles. The molecule has 0 aliphatic rings. The number of pyridine rings is 1. The fraction of sp³-hybridized carbons (Fsp3) is 0.417. The van der Waals surface area contributed by atoms with Gasteiger partial charge in [0.25, 0.3) is 0 Å². The number of hydrogen-bond acceptors (Lipinski definition) is 6. The van der Waals surface area contributed by atoms with Gasteiger partial charge in [-0.1, -0.05) is 18.1 Å². The van der Waals surface area contributed by atoms with E-state index in [-0.39, 0.29) is 12.5 Å². The van der Waals surface area contributed by atoms with Gasteiger partial charge in [0.2, 0.25) is 11.7 Å². The van der Waals surface area contributed by atoms with Crippen LogP contribution >= 0.6 is 11.8 Å². The molecule has 5 nitrogen and oxygen atoms in total. The zero-order valence-electron chi connectivity index (χ0n) is 10.1. The molecule has 0 aliphatic carbocycles. The number of aliphatic hydroxyl groups excluding tert-OH is 1. The zero-order valence-corrected chi connectivity index (χ0v) is 10.9. The predicted octanol–water partition coefficient (Wildman–Crippen LogP) is 1.99. The molecular formula is C12H15N3O2S. The van der Waals surface area contributed by atoms with Gasteiger partial charge in [-0.15, -0.1) is 0 Å². The van der Waals surface area contributed by atoms with Crippen LogP contribution in [0.15, 0.2) is 28.9 Å². The molecule has 0 saturated carbocycles. The SMILES string of the molecule is CC(CO)CSCc1nc(-c2ccccn2)no1. The van der Waals surface area contributed by atoms with Gasteiger partial charge < -0.3 is 9.63 Å². The molecule has 2 aromatic rings. The number of aromatic nitrogens is 3. The number of nitrogens with zero attached hydrogens (tertiary/aromatic N) is 3. The number of thioether (sulfide) groups is 1. The monoisotopic (exact) mass is 265 g/mol. The first-order chi connectivity index (χ1) is 8.79. The number of hydrogen-bond donors (Lipinski definition) is 1. The minimum Gasteiger partial charge on any atom is -0.396 e. The van der Waals surface area contributed by atoms with Crippen LogP contribution in [0.4, 0.5) is 0 Å². The third-order valence-electron chi connectivity index (χ3n) is 2.30. The van der Waals surface area contributed by atoms with E-state index >= 15 is 0 Å². The van der Waals surface area contributed by atoms with Gasteiger partial charge in [-0.2, -0.15) is 16.7 Å². The average Bonchev–Trinajstić information content (AvgIpc) is 2.88. The number of rotatable bonds is 6. The molecule has 0 fully saturated rings. The van der Waals surface area contributed by atoms with Crippen LogP contribution < -0.4 is 0 Å². The van der Waals surface area contributed by atoms with Gasteiger partial charge in [0.05, 0.1) is 5.75 Å². The van der Waals surface area contributed by atoms with Gasteiger partial charge >= 0.3 is 0 Å². The van der Waals surface area contributed by atoms with E-state index < -0.39 is 0 Å². The first-order valence-electron chi connectivity index (χ1n) is 5.72. The Bertz CT molecular complexity index is 475. The molecule has 0 aromatic carbocycles. The minimum absolute atomic E-state index is 0.204. The van der Waals surface area contributed by atoms with E-state index in [9.17, 15) is 0 Å². The lowest BCUT2D eigenvalue weighted by molar-refractivity contribution is 0.250. The molecule has 0 spiro atoms. The first-order valence-corrected chi connectivity index (χ1v) is 6.87. The fourth-order valence-corrected chi connectivity index (χ4v) is 2.23. The van der Waals surface area contributed by atoms with Gasteiger partial charge in [-0.3, -0.25) is 4.98 Å². The fourth-order valence-electron chi connectivity index (χ4n) is 1.31. The maximum atomic E-state index is 8.91. The third kappa shape index (κ3) is 3.54. The van der Waals surface area contributed by atoms with Gasteiger partial charge in [-0.25, -0.2) is 0 Å². The summed E-state index contributed by atoms with van der Waals surface area (Å²) in [5.41, 5.74) is 0.709. The highest BCUT2D eigenvalue weighted by Gasteiger charge is 2.09. The van der Waals surface area contributed by atoms with Crippen molar-refractivity contribution >= 4 is 11.8 Å². The van der Waals surface area contributed by atoms with Crippen LogP contribution in [0.1, 0.15) is 12.8 Å². The van der Waals surface area contributed by atoms with Crippen LogP contribution in [0.2, 0.25) is 0 Å². The summed E-state index contributed by atoms with van der Waals surface area (Å²) < 4.78 is 5.15. The molecule has 0 bridgehead atoms. The van der Waals surface area contributed by atoms with Crippen molar-refractivity contribution in [2.24, 2.45) is 5.92 Å². The maximum absolute atomic E-state index is 8.91. The minimum atomic E-state index is 0.204. The van der Waals surface area contributed by atoms with Crippen molar-refractivity contribution < 1.29 is 9.63 Å². The molecule has 0 amide bonds. The second-order valence-corrected chi connectivity index (χ2v) is 5.06. The molecule has 2 heterocycles. The second kappa shape index (κ2) is 6.51. The van der Waals surface area contributed by atoms with Gasteiger partial charge in [0, 0.05) is 12.8 Å². The molecule has 1 unspecified atom stereocenters. The molecule has 2 aromatic heterocycles. The molecule has 2 rings (SSSR count). The van der Waals surface area contributed by atoms with Crippen molar-refractivity contribution in [1.29, 1.82) is 0 Å². The zero-order chi connectivity index (χ0) is 12.8. The molecule has 0 radical (unpaired) electrons. The van der Waals surface area contributed by atoms with E-state index in [1.165, 1.54) is 0 Å². The van der Waals surface area contributed by atoms with E-state index in [1.54, 1.807) is 18.0 Å². The summed E-state index contributed by atoms with van der Waals surface area (Å²) in [4.78, 5) is 8.44. The van der Waals surface area contributed by atoms with E-state index in [0.717, 1.165) is 5.75 Å². The van der Waals surface area contributed by atoms with Crippen molar-refractivity contribution in [3.63, 3.8) is 0 Å². The molecule has 18 heavy (non-hydrogen) atoms. The summed E-state index contributed by atoms with van der Waals surface area (Å²) in [5.74, 6) is 2.92. The maximum Gasteiger partial charge on any atom is 0.237 e. The summed E-state index contributed by atoms with van der Waals surface area (Å²) in [6.07, 6.45) is 1.70. The van der Waals surface area contributed by atoms with Crippen LogP contribution in [-0.2, 0) is 5.75 Å². The molecule has 0 saturated heterocycles. The van der Waals surface area contributed by atoms with Crippen molar-refractivity contribution in [2.45, 2.75) is 12.7 Å². The van der Waals surface area contributed by atoms with E-state index in [0.29, 0.717) is 23.2 Å². The van der Waals surface area contributed by atoms with Crippen LogP contribution in [-0.4, -0.2) is 32.6 Å². The predicted molar refractivity (Wildman–Crippen MR) is 69.9 cm³/mol. The van der Waals surface area contributed by atoms with Crippen LogP contribution in [0.25, 0.3) is 11.5 Å². The Kier molecular flexibility index (Phi) is 4.72. The summed E-state index contributed by atoms with van der Waals surface area (Å²) in [7, 11) is 0. The Balaban J connectivity index is 1.91. The van der Waals surface area contributed by atoms with Crippen LogP contribution in [0.3, 0.4) is 0 Å². The van der Waals surface area contributed by atoms with E-state index in [2.05, 4.69) is 15.1 Å². The van der Waals surface area contributed by atoms with Crippen molar-refractivity contribution in [1.82, 2.24) is 15.1 Å². The largest absolute Gasteiger partial charge is 0.396 e. The first kappa shape index (κ1) is 13.0. The van der Waals surface area contributed by atoms with Crippen molar-refractivity contribution in [2.75, 3.05) is 12.4 Å². The lowest BCUT2D eigenvalue weighted by atomic mass is 10.2.